The molecule has 0 heterocycles. The van der Waals surface area contributed by atoms with E-state index in [2.05, 4.69) is 17.2 Å². The second kappa shape index (κ2) is 4.06. The average molecular weight is 130 g/mol. The molecule has 0 aliphatic heterocycles. The summed E-state index contributed by atoms with van der Waals surface area (Å²) in [5.74, 6) is -0.251. The van der Waals surface area contributed by atoms with Crippen molar-refractivity contribution in [2.45, 2.75) is 13.8 Å². The molecule has 9 heavy (non-hydrogen) atoms. The second-order valence-electron chi connectivity index (χ2n) is 2.03. The van der Waals surface area contributed by atoms with Gasteiger partial charge in [0, 0.05) is 6.72 Å². The molecule has 0 aromatic carbocycles. The molecule has 0 saturated heterocycles. The molecule has 0 radical (unpaired) electrons. The maximum Gasteiger partial charge on any atom is 0.203 e. The van der Waals surface area contributed by atoms with Gasteiger partial charge in [-0.1, -0.05) is 13.8 Å². The summed E-state index contributed by atoms with van der Waals surface area (Å²) < 4.78 is 12.3. The van der Waals surface area contributed by atoms with Crippen molar-refractivity contribution in [1.82, 2.24) is 5.43 Å². The Hall–Kier alpha value is -0.860. The molecule has 0 aliphatic carbocycles. The van der Waals surface area contributed by atoms with Crippen LogP contribution in [0, 0.1) is 5.92 Å². The van der Waals surface area contributed by atoms with Crippen LogP contribution in [-0.2, 0) is 0 Å². The van der Waals surface area contributed by atoms with Crippen molar-refractivity contribution in [3.05, 3.63) is 12.0 Å². The molecular weight excluding hydrogens is 119 g/mol. The minimum atomic E-state index is -0.444. The highest BCUT2D eigenvalue weighted by atomic mass is 19.1. The van der Waals surface area contributed by atoms with Crippen LogP contribution in [0.3, 0.4) is 0 Å². The standard InChI is InChI=1S/C6H11FN2/c1-5(2)4-6(7)9-8-3/h4-5,9H,3H2,1-2H3/b6-4-. The molecule has 0 aliphatic rings. The van der Waals surface area contributed by atoms with Crippen LogP contribution in [0.25, 0.3) is 0 Å². The lowest BCUT2D eigenvalue weighted by Gasteiger charge is -1.95. The lowest BCUT2D eigenvalue weighted by Crippen LogP contribution is -1.99. The molecule has 0 aromatic rings. The van der Waals surface area contributed by atoms with E-state index in [0.29, 0.717) is 0 Å². The molecule has 2 nitrogen and oxygen atoms in total. The van der Waals surface area contributed by atoms with Crippen molar-refractivity contribution in [1.29, 1.82) is 0 Å². The van der Waals surface area contributed by atoms with E-state index >= 15 is 0 Å². The van der Waals surface area contributed by atoms with Crippen LogP contribution < -0.4 is 5.43 Å². The summed E-state index contributed by atoms with van der Waals surface area (Å²) in [7, 11) is 0. The highest BCUT2D eigenvalue weighted by Crippen LogP contribution is 1.99. The minimum Gasteiger partial charge on any atom is -0.254 e. The highest BCUT2D eigenvalue weighted by Gasteiger charge is 1.91. The molecule has 1 N–H and O–H groups in total. The zero-order valence-corrected chi connectivity index (χ0v) is 5.69. The van der Waals surface area contributed by atoms with Crippen LogP contribution in [0.15, 0.2) is 17.1 Å². The van der Waals surface area contributed by atoms with Gasteiger partial charge < -0.3 is 0 Å². The molecule has 0 bridgehead atoms. The van der Waals surface area contributed by atoms with Crippen LogP contribution in [0.5, 0.6) is 0 Å². The van der Waals surface area contributed by atoms with Crippen LogP contribution in [-0.4, -0.2) is 6.72 Å². The number of hydrogen-bond acceptors (Lipinski definition) is 2. The van der Waals surface area contributed by atoms with Crippen molar-refractivity contribution in [2.24, 2.45) is 11.0 Å². The fraction of sp³-hybridized carbons (Fsp3) is 0.500. The summed E-state index contributed by atoms with van der Waals surface area (Å²) in [5, 5.41) is 3.15. The second-order valence-corrected chi connectivity index (χ2v) is 2.03. The maximum absolute atomic E-state index is 12.3. The molecule has 0 rings (SSSR count). The number of halogens is 1. The van der Waals surface area contributed by atoms with Gasteiger partial charge in [-0.05, 0) is 12.0 Å². The highest BCUT2D eigenvalue weighted by molar-refractivity contribution is 5.22. The molecule has 52 valence electrons. The average Bonchev–Trinajstić information content (AvgIpc) is 1.63. The van der Waals surface area contributed by atoms with Crippen LogP contribution >= 0.6 is 0 Å². The first-order valence-corrected chi connectivity index (χ1v) is 2.76. The van der Waals surface area contributed by atoms with Gasteiger partial charge in [0.1, 0.15) is 0 Å². The van der Waals surface area contributed by atoms with Gasteiger partial charge in [0.05, 0.1) is 0 Å². The third-order valence-corrected chi connectivity index (χ3v) is 0.666. The lowest BCUT2D eigenvalue weighted by molar-refractivity contribution is 0.542. The topological polar surface area (TPSA) is 24.4 Å². The first-order valence-electron chi connectivity index (χ1n) is 2.76. The van der Waals surface area contributed by atoms with Gasteiger partial charge in [0.25, 0.3) is 0 Å². The van der Waals surface area contributed by atoms with Gasteiger partial charge in [-0.25, -0.2) is 0 Å². The van der Waals surface area contributed by atoms with Crippen LogP contribution in [0.1, 0.15) is 13.8 Å². The molecule has 0 unspecified atom stereocenters. The van der Waals surface area contributed by atoms with Gasteiger partial charge in [-0.2, -0.15) is 9.49 Å². The SMILES string of the molecule is C=NN/C(F)=C\C(C)C. The zero-order chi connectivity index (χ0) is 7.28. The Balaban J connectivity index is 3.68. The Labute approximate surface area is 54.5 Å². The fourth-order valence-corrected chi connectivity index (χ4v) is 0.405. The van der Waals surface area contributed by atoms with E-state index in [1.807, 2.05) is 13.8 Å². The van der Waals surface area contributed by atoms with Gasteiger partial charge >= 0.3 is 0 Å². The molecule has 3 heteroatoms. The number of rotatable bonds is 3. The molecular formula is C6H11FN2. The Kier molecular flexibility index (Phi) is 3.67. The molecule has 0 aromatic heterocycles. The van der Waals surface area contributed by atoms with Crippen LogP contribution in [0.4, 0.5) is 4.39 Å². The van der Waals surface area contributed by atoms with Crippen LogP contribution in [0.2, 0.25) is 0 Å². The van der Waals surface area contributed by atoms with E-state index in [1.165, 1.54) is 6.08 Å². The smallest absolute Gasteiger partial charge is 0.203 e. The minimum absolute atomic E-state index is 0.194. The van der Waals surface area contributed by atoms with Gasteiger partial charge in [0.2, 0.25) is 5.95 Å². The zero-order valence-electron chi connectivity index (χ0n) is 5.69. The monoisotopic (exact) mass is 130 g/mol. The molecule has 0 atom stereocenters. The number of nitrogens with one attached hydrogen (secondary N) is 1. The summed E-state index contributed by atoms with van der Waals surface area (Å²) in [4.78, 5) is 0. The summed E-state index contributed by atoms with van der Waals surface area (Å²) in [6, 6.07) is 0. The van der Waals surface area contributed by atoms with Gasteiger partial charge in [-0.15, -0.1) is 0 Å². The van der Waals surface area contributed by atoms with E-state index in [0.717, 1.165) is 0 Å². The van der Waals surface area contributed by atoms with Crippen molar-refractivity contribution in [3.63, 3.8) is 0 Å². The van der Waals surface area contributed by atoms with E-state index in [-0.39, 0.29) is 5.92 Å². The van der Waals surface area contributed by atoms with Crippen molar-refractivity contribution in [3.8, 4) is 0 Å². The van der Waals surface area contributed by atoms with E-state index in [4.69, 9.17) is 0 Å². The number of nitrogens with zero attached hydrogens (tertiary/aromatic N) is 1. The number of hydrogen-bond donors (Lipinski definition) is 1. The predicted molar refractivity (Wildman–Crippen MR) is 36.7 cm³/mol. The first kappa shape index (κ1) is 8.14. The Bertz CT molecular complexity index is 118. The van der Waals surface area contributed by atoms with Gasteiger partial charge in [-0.3, -0.25) is 5.43 Å². The lowest BCUT2D eigenvalue weighted by atomic mass is 10.2. The van der Waals surface area contributed by atoms with Crippen molar-refractivity contribution >= 4 is 6.72 Å². The normalized spacial score (nSPS) is 11.8. The Morgan fingerprint density at radius 2 is 2.33 bits per heavy atom. The first-order chi connectivity index (χ1) is 4.16. The molecule has 0 spiro atoms. The summed E-state index contributed by atoms with van der Waals surface area (Å²) in [6.45, 7) is 6.82. The largest absolute Gasteiger partial charge is 0.254 e. The van der Waals surface area contributed by atoms with E-state index < -0.39 is 5.95 Å². The Morgan fingerprint density at radius 1 is 1.78 bits per heavy atom. The number of hydrazone groups is 1. The van der Waals surface area contributed by atoms with E-state index in [1.54, 1.807) is 0 Å². The van der Waals surface area contributed by atoms with Gasteiger partial charge in [0.15, 0.2) is 0 Å². The summed E-state index contributed by atoms with van der Waals surface area (Å²) in [5.41, 5.74) is 2.09. The maximum atomic E-state index is 12.3. The Morgan fingerprint density at radius 3 is 2.67 bits per heavy atom. The number of allylic oxidation sites excluding steroid dienone is 1. The van der Waals surface area contributed by atoms with Crippen molar-refractivity contribution in [2.75, 3.05) is 0 Å². The summed E-state index contributed by atoms with van der Waals surface area (Å²) in [6.07, 6.45) is 1.43. The van der Waals surface area contributed by atoms with E-state index in [9.17, 15) is 4.39 Å². The predicted octanol–water partition coefficient (Wildman–Crippen LogP) is 1.66. The third-order valence-electron chi connectivity index (χ3n) is 0.666. The summed E-state index contributed by atoms with van der Waals surface area (Å²) >= 11 is 0. The third kappa shape index (κ3) is 5.00. The molecule has 0 saturated carbocycles. The molecule has 0 fully saturated rings. The molecule has 0 amide bonds. The quantitative estimate of drug-likeness (QED) is 0.350. The fourth-order valence-electron chi connectivity index (χ4n) is 0.405. The van der Waals surface area contributed by atoms with Crippen molar-refractivity contribution < 1.29 is 4.39 Å².